The Balaban J connectivity index is 1.78. The van der Waals surface area contributed by atoms with Crippen LogP contribution >= 0.6 is 11.6 Å². The highest BCUT2D eigenvalue weighted by Crippen LogP contribution is 2.23. The van der Waals surface area contributed by atoms with E-state index in [1.54, 1.807) is 0 Å². The molecule has 0 saturated heterocycles. The second kappa shape index (κ2) is 8.48. The van der Waals surface area contributed by atoms with Gasteiger partial charge in [-0.15, -0.1) is 0 Å². The lowest BCUT2D eigenvalue weighted by atomic mass is 9.89. The summed E-state index contributed by atoms with van der Waals surface area (Å²) in [6, 6.07) is 5.78. The van der Waals surface area contributed by atoms with Gasteiger partial charge in [-0.1, -0.05) is 30.9 Å². The van der Waals surface area contributed by atoms with E-state index >= 15 is 0 Å². The van der Waals surface area contributed by atoms with E-state index in [-0.39, 0.29) is 28.9 Å². The first-order chi connectivity index (χ1) is 11.4. The molecule has 1 aliphatic rings. The van der Waals surface area contributed by atoms with Crippen molar-refractivity contribution in [2.75, 3.05) is 5.75 Å². The highest BCUT2D eigenvalue weighted by Gasteiger charge is 2.22. The Hall–Kier alpha value is -1.60. The molecule has 0 heterocycles. The minimum atomic E-state index is -3.56. The summed E-state index contributed by atoms with van der Waals surface area (Å²) < 4.78 is 24.2. The maximum atomic E-state index is 12.1. The largest absolute Gasteiger partial charge is 0.273 e. The van der Waals surface area contributed by atoms with Gasteiger partial charge in [-0.05, 0) is 37.1 Å². The molecule has 1 aromatic carbocycles. The van der Waals surface area contributed by atoms with Crippen molar-refractivity contribution in [3.63, 3.8) is 0 Å². The molecule has 2 amide bonds. The molecule has 1 aromatic rings. The number of sulfone groups is 1. The number of hydrazine groups is 1. The summed E-state index contributed by atoms with van der Waals surface area (Å²) >= 11 is 5.73. The maximum Gasteiger partial charge on any atom is 0.241 e. The van der Waals surface area contributed by atoms with Gasteiger partial charge in [0, 0.05) is 17.4 Å². The zero-order chi connectivity index (χ0) is 17.6. The lowest BCUT2D eigenvalue weighted by Crippen LogP contribution is -2.45. The van der Waals surface area contributed by atoms with Crippen molar-refractivity contribution >= 4 is 33.3 Å². The Morgan fingerprint density at radius 2 is 1.67 bits per heavy atom. The molecule has 2 N–H and O–H groups in total. The van der Waals surface area contributed by atoms with E-state index in [0.29, 0.717) is 5.02 Å². The Bertz CT molecular complexity index is 683. The van der Waals surface area contributed by atoms with Crippen molar-refractivity contribution in [3.8, 4) is 0 Å². The molecule has 6 nitrogen and oxygen atoms in total. The van der Waals surface area contributed by atoms with Crippen molar-refractivity contribution in [1.29, 1.82) is 0 Å². The molecule has 24 heavy (non-hydrogen) atoms. The van der Waals surface area contributed by atoms with Crippen LogP contribution in [0.1, 0.15) is 38.5 Å². The lowest BCUT2D eigenvalue weighted by molar-refractivity contribution is -0.131. The van der Waals surface area contributed by atoms with E-state index in [1.807, 2.05) is 0 Å². The number of benzene rings is 1. The Labute approximate surface area is 146 Å². The van der Waals surface area contributed by atoms with Crippen molar-refractivity contribution in [2.45, 2.75) is 43.4 Å². The van der Waals surface area contributed by atoms with Gasteiger partial charge in [-0.25, -0.2) is 8.42 Å². The molecule has 2 rings (SSSR count). The number of carbonyl (C=O) groups is 2. The number of amides is 2. The summed E-state index contributed by atoms with van der Waals surface area (Å²) in [5.74, 6) is -1.14. The van der Waals surface area contributed by atoms with Gasteiger partial charge in [0.15, 0.2) is 9.84 Å². The topological polar surface area (TPSA) is 92.3 Å². The average Bonchev–Trinajstić information content (AvgIpc) is 2.59. The average molecular weight is 373 g/mol. The fraction of sp³-hybridized carbons (Fsp3) is 0.500. The van der Waals surface area contributed by atoms with Crippen LogP contribution < -0.4 is 10.9 Å². The molecular formula is C16H21ClN2O4S. The quantitative estimate of drug-likeness (QED) is 0.775. The van der Waals surface area contributed by atoms with E-state index in [1.165, 1.54) is 24.3 Å². The van der Waals surface area contributed by atoms with E-state index in [9.17, 15) is 18.0 Å². The Kier molecular flexibility index (Phi) is 6.62. The molecule has 0 aliphatic heterocycles. The molecule has 8 heteroatoms. The summed E-state index contributed by atoms with van der Waals surface area (Å²) in [4.78, 5) is 23.8. The van der Waals surface area contributed by atoms with Gasteiger partial charge in [0.25, 0.3) is 0 Å². The van der Waals surface area contributed by atoms with Gasteiger partial charge >= 0.3 is 0 Å². The third kappa shape index (κ3) is 5.49. The third-order valence-corrected chi connectivity index (χ3v) is 6.06. The summed E-state index contributed by atoms with van der Waals surface area (Å²) in [6.07, 6.45) is 4.60. The fourth-order valence-electron chi connectivity index (χ4n) is 2.65. The van der Waals surface area contributed by atoms with Crippen LogP contribution in [0.2, 0.25) is 5.02 Å². The first-order valence-electron chi connectivity index (χ1n) is 7.95. The first-order valence-corrected chi connectivity index (χ1v) is 9.98. The molecule has 0 atom stereocenters. The van der Waals surface area contributed by atoms with Crippen molar-refractivity contribution in [1.82, 2.24) is 10.9 Å². The number of rotatable bonds is 5. The third-order valence-electron chi connectivity index (χ3n) is 4.07. The van der Waals surface area contributed by atoms with E-state index < -0.39 is 15.7 Å². The summed E-state index contributed by atoms with van der Waals surface area (Å²) in [6.45, 7) is 0. The SMILES string of the molecule is O=C(CCS(=O)(=O)c1ccc(Cl)cc1)NNC(=O)C1CCCCC1. The molecule has 0 aromatic heterocycles. The zero-order valence-electron chi connectivity index (χ0n) is 13.3. The zero-order valence-corrected chi connectivity index (χ0v) is 14.8. The normalized spacial score (nSPS) is 15.7. The summed E-state index contributed by atoms with van der Waals surface area (Å²) in [5, 5.41) is 0.442. The number of hydrogen-bond donors (Lipinski definition) is 2. The fourth-order valence-corrected chi connectivity index (χ4v) is 4.01. The standard InChI is InChI=1S/C16H21ClN2O4S/c17-13-6-8-14(9-7-13)24(22,23)11-10-15(20)18-19-16(21)12-4-2-1-3-5-12/h6-9,12H,1-5,10-11H2,(H,18,20)(H,19,21). The number of hydrogen-bond acceptors (Lipinski definition) is 4. The van der Waals surface area contributed by atoms with E-state index in [4.69, 9.17) is 11.6 Å². The Morgan fingerprint density at radius 3 is 2.29 bits per heavy atom. The molecule has 1 aliphatic carbocycles. The molecule has 0 spiro atoms. The molecule has 0 radical (unpaired) electrons. The van der Waals surface area contributed by atoms with E-state index in [2.05, 4.69) is 10.9 Å². The lowest BCUT2D eigenvalue weighted by Gasteiger charge is -2.20. The summed E-state index contributed by atoms with van der Waals surface area (Å²) in [7, 11) is -3.56. The van der Waals surface area contributed by atoms with Gasteiger partial charge in [0.05, 0.1) is 10.6 Å². The van der Waals surface area contributed by atoms with Gasteiger partial charge in [0.1, 0.15) is 0 Å². The van der Waals surface area contributed by atoms with Crippen LogP contribution in [-0.4, -0.2) is 26.0 Å². The van der Waals surface area contributed by atoms with Gasteiger partial charge in [0.2, 0.25) is 11.8 Å². The highest BCUT2D eigenvalue weighted by atomic mass is 35.5. The number of nitrogens with one attached hydrogen (secondary N) is 2. The smallest absolute Gasteiger partial charge is 0.241 e. The van der Waals surface area contributed by atoms with Crippen molar-refractivity contribution < 1.29 is 18.0 Å². The van der Waals surface area contributed by atoms with Crippen LogP contribution in [0.15, 0.2) is 29.2 Å². The van der Waals surface area contributed by atoms with Crippen LogP contribution in [0, 0.1) is 5.92 Å². The Morgan fingerprint density at radius 1 is 1.04 bits per heavy atom. The van der Waals surface area contributed by atoms with Crippen molar-refractivity contribution in [2.24, 2.45) is 5.92 Å². The molecule has 132 valence electrons. The molecule has 1 fully saturated rings. The molecule has 1 saturated carbocycles. The van der Waals surface area contributed by atoms with Crippen LogP contribution in [0.4, 0.5) is 0 Å². The van der Waals surface area contributed by atoms with Gasteiger partial charge < -0.3 is 0 Å². The van der Waals surface area contributed by atoms with Crippen LogP contribution in [0.5, 0.6) is 0 Å². The minimum absolute atomic E-state index is 0.0724. The first kappa shape index (κ1) is 18.7. The molecular weight excluding hydrogens is 352 g/mol. The monoisotopic (exact) mass is 372 g/mol. The van der Waals surface area contributed by atoms with E-state index in [0.717, 1.165) is 32.1 Å². The molecule has 0 unspecified atom stereocenters. The predicted octanol–water partition coefficient (Wildman–Crippen LogP) is 2.23. The number of carbonyl (C=O) groups excluding carboxylic acids is 2. The van der Waals surface area contributed by atoms with Crippen LogP contribution in [0.25, 0.3) is 0 Å². The van der Waals surface area contributed by atoms with Gasteiger partial charge in [-0.2, -0.15) is 0 Å². The second-order valence-electron chi connectivity index (χ2n) is 5.90. The van der Waals surface area contributed by atoms with Crippen molar-refractivity contribution in [3.05, 3.63) is 29.3 Å². The van der Waals surface area contributed by atoms with Gasteiger partial charge in [-0.3, -0.25) is 20.4 Å². The summed E-state index contributed by atoms with van der Waals surface area (Å²) in [5.41, 5.74) is 4.67. The maximum absolute atomic E-state index is 12.1. The molecule has 0 bridgehead atoms. The minimum Gasteiger partial charge on any atom is -0.273 e. The van der Waals surface area contributed by atoms with Crippen LogP contribution in [0.3, 0.4) is 0 Å². The van der Waals surface area contributed by atoms with Crippen LogP contribution in [-0.2, 0) is 19.4 Å². The number of halogens is 1. The highest BCUT2D eigenvalue weighted by molar-refractivity contribution is 7.91. The predicted molar refractivity (Wildman–Crippen MR) is 91.0 cm³/mol. The second-order valence-corrected chi connectivity index (χ2v) is 8.44.